The van der Waals surface area contributed by atoms with Gasteiger partial charge in [0.25, 0.3) is 0 Å². The maximum absolute atomic E-state index is 13.0. The quantitative estimate of drug-likeness (QED) is 0.802. The van der Waals surface area contributed by atoms with E-state index in [1.54, 1.807) is 16.8 Å². The first-order valence-corrected chi connectivity index (χ1v) is 8.60. The zero-order valence-electron chi connectivity index (χ0n) is 14.2. The first kappa shape index (κ1) is 15.9. The number of hydrogen-bond donors (Lipinski definition) is 0. The zero-order chi connectivity index (χ0) is 17.6. The number of cyclic esters (lactones) is 1. The summed E-state index contributed by atoms with van der Waals surface area (Å²) in [6.45, 7) is 1.76. The molecule has 4 rings (SSSR count). The van der Waals surface area contributed by atoms with E-state index < -0.39 is 11.5 Å². The molecule has 1 spiro atoms. The molecule has 25 heavy (non-hydrogen) atoms. The van der Waals surface area contributed by atoms with Crippen LogP contribution in [0.25, 0.3) is 0 Å². The van der Waals surface area contributed by atoms with E-state index in [0.717, 1.165) is 24.1 Å². The molecule has 7 nitrogen and oxygen atoms in total. The van der Waals surface area contributed by atoms with Crippen molar-refractivity contribution in [2.45, 2.75) is 18.3 Å². The van der Waals surface area contributed by atoms with Gasteiger partial charge in [0.2, 0.25) is 11.8 Å². The topological polar surface area (TPSA) is 70.2 Å². The van der Waals surface area contributed by atoms with Crippen molar-refractivity contribution in [3.63, 3.8) is 0 Å². The van der Waals surface area contributed by atoms with Gasteiger partial charge in [0.05, 0.1) is 12.0 Å². The Labute approximate surface area is 146 Å². The van der Waals surface area contributed by atoms with E-state index in [1.165, 1.54) is 4.90 Å². The van der Waals surface area contributed by atoms with Crippen LogP contribution in [0.4, 0.5) is 10.5 Å². The fourth-order valence-corrected chi connectivity index (χ4v) is 4.21. The Bertz CT molecular complexity index is 750. The van der Waals surface area contributed by atoms with Crippen molar-refractivity contribution in [2.24, 2.45) is 0 Å². The summed E-state index contributed by atoms with van der Waals surface area (Å²) in [5.74, 6) is -0.0791. The van der Waals surface area contributed by atoms with E-state index in [-0.39, 0.29) is 18.4 Å². The molecular formula is C18H21N3O4. The average Bonchev–Trinajstić information content (AvgIpc) is 3.12. The molecule has 0 radical (unpaired) electrons. The van der Waals surface area contributed by atoms with Crippen LogP contribution in [0, 0.1) is 0 Å². The second-order valence-electron chi connectivity index (χ2n) is 6.92. The number of amides is 3. The third-order valence-corrected chi connectivity index (χ3v) is 5.51. The number of ether oxygens (including phenoxy) is 1. The number of likely N-dealkylation sites (tertiary alicyclic amines) is 1. The van der Waals surface area contributed by atoms with Gasteiger partial charge in [-0.05, 0) is 24.5 Å². The number of hydrogen-bond acceptors (Lipinski definition) is 4. The predicted molar refractivity (Wildman–Crippen MR) is 90.3 cm³/mol. The van der Waals surface area contributed by atoms with Crippen LogP contribution in [0.1, 0.15) is 18.4 Å². The van der Waals surface area contributed by atoms with Gasteiger partial charge >= 0.3 is 6.09 Å². The van der Waals surface area contributed by atoms with Gasteiger partial charge < -0.3 is 14.5 Å². The second-order valence-corrected chi connectivity index (χ2v) is 6.92. The fourth-order valence-electron chi connectivity index (χ4n) is 4.21. The summed E-state index contributed by atoms with van der Waals surface area (Å²) in [4.78, 5) is 42.1. The highest BCUT2D eigenvalue weighted by atomic mass is 16.6. The lowest BCUT2D eigenvalue weighted by molar-refractivity contribution is -0.136. The Balaban J connectivity index is 1.58. The number of piperidine rings is 1. The Kier molecular flexibility index (Phi) is 3.67. The lowest BCUT2D eigenvalue weighted by atomic mass is 9.75. The molecule has 7 heteroatoms. The smallest absolute Gasteiger partial charge is 0.410 e. The van der Waals surface area contributed by atoms with Crippen LogP contribution in [0.2, 0.25) is 0 Å². The van der Waals surface area contributed by atoms with E-state index in [0.29, 0.717) is 26.2 Å². The second kappa shape index (κ2) is 5.75. The molecule has 3 heterocycles. The fraction of sp³-hybridized carbons (Fsp3) is 0.500. The van der Waals surface area contributed by atoms with Crippen molar-refractivity contribution in [1.29, 1.82) is 0 Å². The minimum atomic E-state index is -0.662. The lowest BCUT2D eigenvalue weighted by Gasteiger charge is -2.39. The molecular weight excluding hydrogens is 322 g/mol. The number of rotatable bonds is 2. The largest absolute Gasteiger partial charge is 0.448 e. The number of anilines is 1. The van der Waals surface area contributed by atoms with Crippen LogP contribution in [0.15, 0.2) is 24.3 Å². The highest BCUT2D eigenvalue weighted by molar-refractivity contribution is 6.08. The molecule has 3 aliphatic heterocycles. The summed E-state index contributed by atoms with van der Waals surface area (Å²) in [5, 5.41) is 0. The summed E-state index contributed by atoms with van der Waals surface area (Å²) in [5.41, 5.74) is 1.26. The Morgan fingerprint density at radius 3 is 2.80 bits per heavy atom. The van der Waals surface area contributed by atoms with Gasteiger partial charge in [0.15, 0.2) is 0 Å². The number of carbonyl (C=O) groups is 3. The number of nitrogens with zero attached hydrogens (tertiary/aromatic N) is 3. The lowest BCUT2D eigenvalue weighted by Crippen LogP contribution is -2.54. The van der Waals surface area contributed by atoms with Crippen LogP contribution in [-0.2, 0) is 19.7 Å². The molecule has 3 amide bonds. The average molecular weight is 343 g/mol. The van der Waals surface area contributed by atoms with E-state index in [9.17, 15) is 14.4 Å². The molecule has 132 valence electrons. The van der Waals surface area contributed by atoms with E-state index >= 15 is 0 Å². The first-order chi connectivity index (χ1) is 12.0. The highest BCUT2D eigenvalue weighted by Gasteiger charge is 2.52. The monoisotopic (exact) mass is 343 g/mol. The van der Waals surface area contributed by atoms with Crippen LogP contribution in [0.3, 0.4) is 0 Å². The van der Waals surface area contributed by atoms with Crippen LogP contribution in [-0.4, -0.2) is 67.5 Å². The third-order valence-electron chi connectivity index (χ3n) is 5.51. The SMILES string of the molecule is CN1C(=O)C2(CCCN(C(=O)CN3CCOC3=O)C2)c2ccccc21. The van der Waals surface area contributed by atoms with Gasteiger partial charge in [-0.15, -0.1) is 0 Å². The van der Waals surface area contributed by atoms with E-state index in [1.807, 2.05) is 24.3 Å². The highest BCUT2D eigenvalue weighted by Crippen LogP contribution is 2.46. The number of para-hydroxylation sites is 1. The molecule has 0 aliphatic carbocycles. The number of fused-ring (bicyclic) bond motifs is 2. The molecule has 0 aromatic heterocycles. The van der Waals surface area contributed by atoms with Gasteiger partial charge in [-0.2, -0.15) is 0 Å². The van der Waals surface area contributed by atoms with Gasteiger partial charge in [0, 0.05) is 25.8 Å². The maximum atomic E-state index is 13.0. The Morgan fingerprint density at radius 2 is 2.04 bits per heavy atom. The molecule has 1 aromatic carbocycles. The minimum Gasteiger partial charge on any atom is -0.448 e. The van der Waals surface area contributed by atoms with Crippen molar-refractivity contribution in [3.05, 3.63) is 29.8 Å². The Hall–Kier alpha value is -2.57. The van der Waals surface area contributed by atoms with E-state index in [4.69, 9.17) is 4.74 Å². The third kappa shape index (κ3) is 2.37. The van der Waals surface area contributed by atoms with Crippen LogP contribution < -0.4 is 4.90 Å². The number of benzene rings is 1. The summed E-state index contributed by atoms with van der Waals surface area (Å²) >= 11 is 0. The molecule has 2 fully saturated rings. The van der Waals surface area contributed by atoms with Gasteiger partial charge in [0.1, 0.15) is 13.2 Å². The molecule has 1 aromatic rings. The van der Waals surface area contributed by atoms with Gasteiger partial charge in [-0.3, -0.25) is 14.5 Å². The van der Waals surface area contributed by atoms with Crippen LogP contribution >= 0.6 is 0 Å². The van der Waals surface area contributed by atoms with Crippen LogP contribution in [0.5, 0.6) is 0 Å². The normalized spacial score (nSPS) is 25.6. The molecule has 0 bridgehead atoms. The molecule has 0 N–H and O–H groups in total. The summed E-state index contributed by atoms with van der Waals surface area (Å²) in [6.07, 6.45) is 1.06. The minimum absolute atomic E-state index is 0.0145. The van der Waals surface area contributed by atoms with E-state index in [2.05, 4.69) is 0 Å². The van der Waals surface area contributed by atoms with Crippen molar-refractivity contribution in [3.8, 4) is 0 Å². The molecule has 1 unspecified atom stereocenters. The number of carbonyl (C=O) groups excluding carboxylic acids is 3. The Morgan fingerprint density at radius 1 is 1.24 bits per heavy atom. The molecule has 0 saturated carbocycles. The van der Waals surface area contributed by atoms with Crippen molar-refractivity contribution in [1.82, 2.24) is 9.80 Å². The standard InChI is InChI=1S/C18H21N3O4/c1-19-14-6-3-2-5-13(14)18(16(19)23)7-4-8-21(12-18)15(22)11-20-9-10-25-17(20)24/h2-3,5-6H,4,7-12H2,1H3. The number of likely N-dealkylation sites (N-methyl/N-ethyl adjacent to an activating group) is 1. The first-order valence-electron chi connectivity index (χ1n) is 8.60. The zero-order valence-corrected chi connectivity index (χ0v) is 14.2. The summed E-state index contributed by atoms with van der Waals surface area (Å²) in [7, 11) is 1.79. The maximum Gasteiger partial charge on any atom is 0.410 e. The molecule has 1 atom stereocenters. The van der Waals surface area contributed by atoms with Gasteiger partial charge in [-0.25, -0.2) is 4.79 Å². The van der Waals surface area contributed by atoms with Crippen molar-refractivity contribution in [2.75, 3.05) is 44.7 Å². The summed E-state index contributed by atoms with van der Waals surface area (Å²) in [6, 6.07) is 7.80. The molecule has 3 aliphatic rings. The summed E-state index contributed by atoms with van der Waals surface area (Å²) < 4.78 is 4.88. The van der Waals surface area contributed by atoms with Crippen molar-refractivity contribution >= 4 is 23.6 Å². The van der Waals surface area contributed by atoms with Gasteiger partial charge in [-0.1, -0.05) is 18.2 Å². The van der Waals surface area contributed by atoms with Crippen molar-refractivity contribution < 1.29 is 19.1 Å². The predicted octanol–water partition coefficient (Wildman–Crippen LogP) is 0.975. The molecule has 2 saturated heterocycles.